The number of carbonyl (C=O) groups is 1. The number of nitrogens with zero attached hydrogens (tertiary/aromatic N) is 1. The molecule has 4 nitrogen and oxygen atoms in total. The fourth-order valence-corrected chi connectivity index (χ4v) is 3.79. The van der Waals surface area contributed by atoms with Crippen LogP contribution in [-0.2, 0) is 9.53 Å². The average Bonchev–Trinajstić information content (AvgIpc) is 2.80. The van der Waals surface area contributed by atoms with E-state index >= 15 is 0 Å². The number of amides is 1. The number of hydrogen-bond donors (Lipinski definition) is 1. The van der Waals surface area contributed by atoms with Gasteiger partial charge in [0.15, 0.2) is 0 Å². The average molecular weight is 264 g/mol. The smallest absolute Gasteiger partial charge is 0.244 e. The van der Waals surface area contributed by atoms with Gasteiger partial charge in [0.2, 0.25) is 5.91 Å². The second-order valence-corrected chi connectivity index (χ2v) is 6.35. The first-order chi connectivity index (χ1) is 8.80. The minimum atomic E-state index is -0.239. The van der Waals surface area contributed by atoms with Crippen molar-refractivity contribution in [2.24, 2.45) is 0 Å². The zero-order valence-electron chi connectivity index (χ0n) is 10.1. The maximum atomic E-state index is 12.6. The highest BCUT2D eigenvalue weighted by molar-refractivity contribution is 7.10. The maximum Gasteiger partial charge on any atom is 0.244 e. The van der Waals surface area contributed by atoms with Gasteiger partial charge in [0, 0.05) is 11.5 Å². The molecular weight excluding hydrogens is 248 g/mol. The summed E-state index contributed by atoms with van der Waals surface area (Å²) in [6, 6.07) is 4.41. The molecule has 3 fully saturated rings. The Balaban J connectivity index is 1.69. The Bertz CT molecular complexity index is 463. The van der Waals surface area contributed by atoms with Crippen molar-refractivity contribution in [3.05, 3.63) is 22.4 Å². The summed E-state index contributed by atoms with van der Waals surface area (Å²) >= 11 is 1.72. The molecule has 1 amide bonds. The van der Waals surface area contributed by atoms with Crippen molar-refractivity contribution >= 4 is 17.2 Å². The molecule has 1 aliphatic carbocycles. The molecule has 3 heterocycles. The summed E-state index contributed by atoms with van der Waals surface area (Å²) in [5.41, 5.74) is -0.239. The second-order valence-electron chi connectivity index (χ2n) is 5.37. The highest BCUT2D eigenvalue weighted by Crippen LogP contribution is 2.47. The molecule has 0 bridgehead atoms. The topological polar surface area (TPSA) is 41.6 Å². The molecule has 1 saturated carbocycles. The zero-order valence-corrected chi connectivity index (χ0v) is 10.9. The molecule has 2 aliphatic heterocycles. The van der Waals surface area contributed by atoms with Crippen molar-refractivity contribution < 1.29 is 9.53 Å². The number of thiophene rings is 1. The van der Waals surface area contributed by atoms with Crippen LogP contribution in [0.3, 0.4) is 0 Å². The lowest BCUT2D eigenvalue weighted by Gasteiger charge is -2.28. The van der Waals surface area contributed by atoms with Gasteiger partial charge in [-0.05, 0) is 30.7 Å². The molecule has 0 aromatic carbocycles. The van der Waals surface area contributed by atoms with Crippen LogP contribution < -0.4 is 5.32 Å². The van der Waals surface area contributed by atoms with Gasteiger partial charge in [0.05, 0.1) is 12.6 Å². The largest absolute Gasteiger partial charge is 0.379 e. The lowest BCUT2D eigenvalue weighted by molar-refractivity contribution is -0.133. The molecular formula is C13H16N2O2S. The number of hydrogen-bond acceptors (Lipinski definition) is 4. The number of ether oxygens (including phenoxy) is 1. The molecule has 96 valence electrons. The highest BCUT2D eigenvalue weighted by atomic mass is 32.1. The van der Waals surface area contributed by atoms with Crippen molar-refractivity contribution in [3.8, 4) is 0 Å². The molecule has 2 unspecified atom stereocenters. The van der Waals surface area contributed by atoms with Crippen molar-refractivity contribution in [1.82, 2.24) is 10.2 Å². The molecule has 2 atom stereocenters. The van der Waals surface area contributed by atoms with Gasteiger partial charge in [-0.1, -0.05) is 6.07 Å². The van der Waals surface area contributed by atoms with E-state index in [0.717, 1.165) is 25.9 Å². The van der Waals surface area contributed by atoms with Crippen LogP contribution in [0.15, 0.2) is 17.5 Å². The molecule has 1 N–H and O–H groups in total. The molecule has 4 rings (SSSR count). The van der Waals surface area contributed by atoms with Crippen molar-refractivity contribution in [1.29, 1.82) is 0 Å². The summed E-state index contributed by atoms with van der Waals surface area (Å²) < 4.78 is 5.45. The molecule has 1 aromatic rings. The first kappa shape index (κ1) is 11.0. The van der Waals surface area contributed by atoms with E-state index in [1.165, 1.54) is 4.88 Å². The predicted octanol–water partition coefficient (Wildman–Crippen LogP) is 1.50. The summed E-state index contributed by atoms with van der Waals surface area (Å²) in [5, 5.41) is 5.62. The van der Waals surface area contributed by atoms with E-state index in [2.05, 4.69) is 16.8 Å². The van der Waals surface area contributed by atoms with Crippen LogP contribution in [0.5, 0.6) is 0 Å². The van der Waals surface area contributed by atoms with Gasteiger partial charge in [0.1, 0.15) is 11.7 Å². The molecule has 2 saturated heterocycles. The summed E-state index contributed by atoms with van der Waals surface area (Å²) in [7, 11) is 0. The molecule has 1 spiro atoms. The SMILES string of the molecule is O=C1N(C2CCOC2)C(c2cccs2)NC12CC2. The number of carbonyl (C=O) groups excluding carboxylic acids is 1. The third kappa shape index (κ3) is 1.47. The summed E-state index contributed by atoms with van der Waals surface area (Å²) in [5.74, 6) is 0.288. The predicted molar refractivity (Wildman–Crippen MR) is 68.2 cm³/mol. The maximum absolute atomic E-state index is 12.6. The van der Waals surface area contributed by atoms with Crippen LogP contribution in [0, 0.1) is 0 Å². The van der Waals surface area contributed by atoms with E-state index in [4.69, 9.17) is 4.74 Å². The van der Waals surface area contributed by atoms with Crippen LogP contribution >= 0.6 is 11.3 Å². The van der Waals surface area contributed by atoms with Gasteiger partial charge in [-0.15, -0.1) is 11.3 Å². The Morgan fingerprint density at radius 1 is 1.50 bits per heavy atom. The third-order valence-electron chi connectivity index (χ3n) is 4.20. The van der Waals surface area contributed by atoms with E-state index in [0.29, 0.717) is 6.61 Å². The standard InChI is InChI=1S/C13H16N2O2S/c16-12-13(4-5-13)14-11(10-2-1-7-18-10)15(12)9-3-6-17-8-9/h1-2,7,9,11,14H,3-6,8H2. The van der Waals surface area contributed by atoms with Crippen LogP contribution in [0.1, 0.15) is 30.3 Å². The van der Waals surface area contributed by atoms with E-state index in [9.17, 15) is 4.79 Å². The van der Waals surface area contributed by atoms with Crippen LogP contribution in [-0.4, -0.2) is 35.6 Å². The highest BCUT2D eigenvalue weighted by Gasteiger charge is 2.60. The molecule has 18 heavy (non-hydrogen) atoms. The van der Waals surface area contributed by atoms with Gasteiger partial charge in [0.25, 0.3) is 0 Å². The van der Waals surface area contributed by atoms with Crippen molar-refractivity contribution in [2.45, 2.75) is 37.0 Å². The van der Waals surface area contributed by atoms with Gasteiger partial charge < -0.3 is 9.64 Å². The second kappa shape index (κ2) is 3.79. The van der Waals surface area contributed by atoms with E-state index in [1.54, 1.807) is 11.3 Å². The minimum absolute atomic E-state index is 0.0618. The molecule has 5 heteroatoms. The van der Waals surface area contributed by atoms with Crippen molar-refractivity contribution in [3.63, 3.8) is 0 Å². The summed E-state index contributed by atoms with van der Waals surface area (Å²) in [4.78, 5) is 15.9. The Labute approximate surface area is 110 Å². The number of nitrogens with one attached hydrogen (secondary N) is 1. The normalized spacial score (nSPS) is 33.6. The quantitative estimate of drug-likeness (QED) is 0.880. The Morgan fingerprint density at radius 3 is 3.00 bits per heavy atom. The van der Waals surface area contributed by atoms with E-state index in [-0.39, 0.29) is 23.7 Å². The summed E-state index contributed by atoms with van der Waals surface area (Å²) in [6.07, 6.45) is 2.99. The third-order valence-corrected chi connectivity index (χ3v) is 5.12. The van der Waals surface area contributed by atoms with Gasteiger partial charge in [-0.3, -0.25) is 10.1 Å². The van der Waals surface area contributed by atoms with Crippen LogP contribution in [0.2, 0.25) is 0 Å². The molecule has 1 aromatic heterocycles. The fourth-order valence-electron chi connectivity index (χ4n) is 3.01. The Morgan fingerprint density at radius 2 is 2.39 bits per heavy atom. The first-order valence-electron chi connectivity index (χ1n) is 6.52. The monoisotopic (exact) mass is 264 g/mol. The lowest BCUT2D eigenvalue weighted by atomic mass is 10.2. The van der Waals surface area contributed by atoms with Gasteiger partial charge in [-0.2, -0.15) is 0 Å². The Hall–Kier alpha value is -0.910. The summed E-state index contributed by atoms with van der Waals surface area (Å²) in [6.45, 7) is 1.46. The molecule has 3 aliphatic rings. The van der Waals surface area contributed by atoms with Crippen molar-refractivity contribution in [2.75, 3.05) is 13.2 Å². The molecule has 0 radical (unpaired) electrons. The van der Waals surface area contributed by atoms with E-state index < -0.39 is 0 Å². The lowest BCUT2D eigenvalue weighted by Crippen LogP contribution is -2.40. The van der Waals surface area contributed by atoms with E-state index in [1.807, 2.05) is 11.0 Å². The van der Waals surface area contributed by atoms with Gasteiger partial charge in [-0.25, -0.2) is 0 Å². The van der Waals surface area contributed by atoms with Crippen LogP contribution in [0.4, 0.5) is 0 Å². The first-order valence-corrected chi connectivity index (χ1v) is 7.40. The number of rotatable bonds is 2. The Kier molecular flexibility index (Phi) is 2.31. The zero-order chi connectivity index (χ0) is 12.2. The van der Waals surface area contributed by atoms with Gasteiger partial charge >= 0.3 is 0 Å². The minimum Gasteiger partial charge on any atom is -0.379 e. The van der Waals surface area contributed by atoms with Crippen LogP contribution in [0.25, 0.3) is 0 Å². The fraction of sp³-hybridized carbons (Fsp3) is 0.615.